The minimum Gasteiger partial charge on any atom is -0.478 e. The first kappa shape index (κ1) is 22.1. The van der Waals surface area contributed by atoms with Gasteiger partial charge in [-0.3, -0.25) is 9.48 Å². The Morgan fingerprint density at radius 3 is 2.42 bits per heavy atom. The quantitative estimate of drug-likeness (QED) is 0.604. The molecule has 0 radical (unpaired) electrons. The number of rotatable bonds is 7. The van der Waals surface area contributed by atoms with E-state index in [1.807, 2.05) is 56.6 Å². The first-order valence-electron chi connectivity index (χ1n) is 10.1. The maximum absolute atomic E-state index is 12.6. The number of hydrogen-bond acceptors (Lipinski definition) is 4. The summed E-state index contributed by atoms with van der Waals surface area (Å²) < 4.78 is 1.86. The van der Waals surface area contributed by atoms with Crippen molar-refractivity contribution in [2.45, 2.75) is 27.2 Å². The predicted octanol–water partition coefficient (Wildman–Crippen LogP) is 3.97. The van der Waals surface area contributed by atoms with Crippen LogP contribution in [0.4, 0.5) is 11.4 Å². The van der Waals surface area contributed by atoms with Crippen molar-refractivity contribution in [2.24, 2.45) is 7.05 Å². The number of likely N-dealkylation sites (N-methyl/N-ethyl adjacent to an activating group) is 1. The summed E-state index contributed by atoms with van der Waals surface area (Å²) in [4.78, 5) is 26.4. The number of nitrogens with one attached hydrogen (secondary N) is 1. The van der Waals surface area contributed by atoms with Crippen LogP contribution in [0.3, 0.4) is 0 Å². The first-order chi connectivity index (χ1) is 14.7. The van der Waals surface area contributed by atoms with Crippen molar-refractivity contribution in [3.63, 3.8) is 0 Å². The van der Waals surface area contributed by atoms with Gasteiger partial charge in [-0.15, -0.1) is 0 Å². The Morgan fingerprint density at radius 2 is 1.81 bits per heavy atom. The van der Waals surface area contributed by atoms with Crippen LogP contribution in [0.15, 0.2) is 42.5 Å². The van der Waals surface area contributed by atoms with Gasteiger partial charge in [0.25, 0.3) is 5.91 Å². The lowest BCUT2D eigenvalue weighted by Gasteiger charge is -2.22. The summed E-state index contributed by atoms with van der Waals surface area (Å²) in [7, 11) is 3.79. The normalized spacial score (nSPS) is 10.7. The van der Waals surface area contributed by atoms with Crippen LogP contribution in [-0.2, 0) is 13.5 Å². The molecule has 7 nitrogen and oxygen atoms in total. The van der Waals surface area contributed by atoms with E-state index in [1.54, 1.807) is 24.3 Å². The Balaban J connectivity index is 1.79. The number of nitrogens with zero attached hydrogens (tertiary/aromatic N) is 3. The van der Waals surface area contributed by atoms with Crippen molar-refractivity contribution in [2.75, 3.05) is 23.8 Å². The number of aromatic nitrogens is 2. The third-order valence-corrected chi connectivity index (χ3v) is 5.64. The highest BCUT2D eigenvalue weighted by molar-refractivity contribution is 6.06. The second-order valence-electron chi connectivity index (χ2n) is 7.75. The number of aryl methyl sites for hydroxylation is 3. The second kappa shape index (κ2) is 9.04. The van der Waals surface area contributed by atoms with E-state index in [-0.39, 0.29) is 11.5 Å². The fraction of sp³-hybridized carbons (Fsp3) is 0.292. The Hall–Kier alpha value is -3.61. The summed E-state index contributed by atoms with van der Waals surface area (Å²) >= 11 is 0. The summed E-state index contributed by atoms with van der Waals surface area (Å²) in [6, 6.07) is 12.2. The van der Waals surface area contributed by atoms with Crippen LogP contribution in [0.25, 0.3) is 0 Å². The summed E-state index contributed by atoms with van der Waals surface area (Å²) in [5.74, 6) is -1.30. The van der Waals surface area contributed by atoms with E-state index >= 15 is 0 Å². The smallest absolute Gasteiger partial charge is 0.337 e. The molecule has 3 rings (SSSR count). The number of carboxylic acid groups (broad SMARTS) is 1. The topological polar surface area (TPSA) is 87.5 Å². The lowest BCUT2D eigenvalue weighted by molar-refractivity contribution is 0.0697. The van der Waals surface area contributed by atoms with E-state index in [0.717, 1.165) is 23.4 Å². The van der Waals surface area contributed by atoms with Crippen molar-refractivity contribution < 1.29 is 14.7 Å². The molecule has 0 aliphatic rings. The van der Waals surface area contributed by atoms with Gasteiger partial charge in [-0.25, -0.2) is 4.79 Å². The molecule has 3 aromatic rings. The molecule has 31 heavy (non-hydrogen) atoms. The van der Waals surface area contributed by atoms with Gasteiger partial charge in [-0.05, 0) is 62.6 Å². The van der Waals surface area contributed by atoms with Crippen LogP contribution in [0, 0.1) is 20.8 Å². The van der Waals surface area contributed by atoms with Crippen LogP contribution in [0.5, 0.6) is 0 Å². The molecule has 0 unspecified atom stereocenters. The second-order valence-corrected chi connectivity index (χ2v) is 7.75. The molecule has 1 amide bonds. The van der Waals surface area contributed by atoms with E-state index in [4.69, 9.17) is 0 Å². The maximum atomic E-state index is 12.6. The third-order valence-electron chi connectivity index (χ3n) is 5.64. The standard InChI is InChI=1S/C24H28N4O3/c1-15-8-6-7-9-19(15)23(29)25-18-10-11-22(21(14-18)24(30)31)27(4)13-12-20-16(2)26-28(5)17(20)3/h6-11,14H,12-13H2,1-5H3,(H,25,29)(H,30,31). The van der Waals surface area contributed by atoms with E-state index in [1.165, 1.54) is 11.6 Å². The third kappa shape index (κ3) is 4.77. The average molecular weight is 421 g/mol. The van der Waals surface area contributed by atoms with Gasteiger partial charge in [0.15, 0.2) is 0 Å². The zero-order valence-electron chi connectivity index (χ0n) is 18.6. The summed E-state index contributed by atoms with van der Waals surface area (Å²) in [6.07, 6.45) is 0.757. The largest absolute Gasteiger partial charge is 0.478 e. The lowest BCUT2D eigenvalue weighted by Crippen LogP contribution is -2.23. The molecule has 0 aliphatic heterocycles. The van der Waals surface area contributed by atoms with Crippen LogP contribution >= 0.6 is 0 Å². The molecular weight excluding hydrogens is 392 g/mol. The molecule has 2 aromatic carbocycles. The monoisotopic (exact) mass is 420 g/mol. The molecule has 1 heterocycles. The van der Waals surface area contributed by atoms with E-state index in [2.05, 4.69) is 10.4 Å². The number of hydrogen-bond donors (Lipinski definition) is 2. The van der Waals surface area contributed by atoms with Gasteiger partial charge in [0.2, 0.25) is 0 Å². The predicted molar refractivity (Wildman–Crippen MR) is 122 cm³/mol. The highest BCUT2D eigenvalue weighted by Crippen LogP contribution is 2.25. The number of carbonyl (C=O) groups excluding carboxylic acids is 1. The van der Waals surface area contributed by atoms with Crippen molar-refractivity contribution in [1.29, 1.82) is 0 Å². The van der Waals surface area contributed by atoms with Crippen LogP contribution in [0.1, 0.15) is 43.2 Å². The van der Waals surface area contributed by atoms with Gasteiger partial charge in [-0.2, -0.15) is 5.10 Å². The Kier molecular flexibility index (Phi) is 6.44. The van der Waals surface area contributed by atoms with Crippen molar-refractivity contribution in [3.05, 3.63) is 76.1 Å². The van der Waals surface area contributed by atoms with Gasteiger partial charge < -0.3 is 15.3 Å². The fourth-order valence-electron chi connectivity index (χ4n) is 3.72. The molecule has 0 spiro atoms. The van der Waals surface area contributed by atoms with Gasteiger partial charge in [0.1, 0.15) is 0 Å². The molecule has 0 atom stereocenters. The van der Waals surface area contributed by atoms with Crippen LogP contribution in [0.2, 0.25) is 0 Å². The van der Waals surface area contributed by atoms with Gasteiger partial charge in [-0.1, -0.05) is 18.2 Å². The first-order valence-corrected chi connectivity index (χ1v) is 10.1. The number of benzene rings is 2. The van der Waals surface area contributed by atoms with Gasteiger partial charge in [0, 0.05) is 37.6 Å². The molecule has 0 saturated carbocycles. The van der Waals surface area contributed by atoms with Crippen molar-refractivity contribution >= 4 is 23.3 Å². The number of anilines is 2. The molecule has 0 saturated heterocycles. The maximum Gasteiger partial charge on any atom is 0.337 e. The molecule has 2 N–H and O–H groups in total. The van der Waals surface area contributed by atoms with Crippen molar-refractivity contribution in [3.8, 4) is 0 Å². The summed E-state index contributed by atoms with van der Waals surface area (Å²) in [5.41, 5.74) is 5.87. The zero-order valence-corrected chi connectivity index (χ0v) is 18.6. The highest BCUT2D eigenvalue weighted by atomic mass is 16.4. The molecule has 0 aliphatic carbocycles. The van der Waals surface area contributed by atoms with Crippen LogP contribution in [-0.4, -0.2) is 40.4 Å². The average Bonchev–Trinajstić information content (AvgIpc) is 2.97. The van der Waals surface area contributed by atoms with E-state index < -0.39 is 5.97 Å². The Labute approximate surface area is 182 Å². The van der Waals surface area contributed by atoms with Gasteiger partial charge >= 0.3 is 5.97 Å². The number of carbonyl (C=O) groups is 2. The minimum absolute atomic E-state index is 0.143. The van der Waals surface area contributed by atoms with Crippen molar-refractivity contribution in [1.82, 2.24) is 9.78 Å². The van der Waals surface area contributed by atoms with Crippen LogP contribution < -0.4 is 10.2 Å². The Bertz CT molecular complexity index is 1130. The zero-order chi connectivity index (χ0) is 22.7. The number of amides is 1. The molecule has 0 bridgehead atoms. The number of aromatic carboxylic acids is 1. The summed E-state index contributed by atoms with van der Waals surface area (Å²) in [5, 5.41) is 17.0. The minimum atomic E-state index is -1.04. The molecular formula is C24H28N4O3. The van der Waals surface area contributed by atoms with E-state index in [0.29, 0.717) is 23.5 Å². The lowest BCUT2D eigenvalue weighted by atomic mass is 10.1. The molecule has 162 valence electrons. The number of carboxylic acids is 1. The molecule has 0 fully saturated rings. The SMILES string of the molecule is Cc1ccccc1C(=O)Nc1ccc(N(C)CCc2c(C)nn(C)c2C)c(C(=O)O)c1. The highest BCUT2D eigenvalue weighted by Gasteiger charge is 2.17. The molecule has 7 heteroatoms. The van der Waals surface area contributed by atoms with Gasteiger partial charge in [0.05, 0.1) is 16.9 Å². The summed E-state index contributed by atoms with van der Waals surface area (Å²) in [6.45, 7) is 6.52. The Morgan fingerprint density at radius 1 is 1.10 bits per heavy atom. The van der Waals surface area contributed by atoms with E-state index in [9.17, 15) is 14.7 Å². The molecule has 1 aromatic heterocycles. The fourth-order valence-corrected chi connectivity index (χ4v) is 3.72.